The number of nitrogens with one attached hydrogen (secondary N) is 2. The summed E-state index contributed by atoms with van der Waals surface area (Å²) in [6.45, 7) is 7.61. The summed E-state index contributed by atoms with van der Waals surface area (Å²) < 4.78 is 0. The van der Waals surface area contributed by atoms with Crippen molar-refractivity contribution in [3.05, 3.63) is 34.9 Å². The Morgan fingerprint density at radius 1 is 1.26 bits per heavy atom. The maximum atomic E-state index is 11.6. The Hall–Kier alpha value is -1.06. The largest absolute Gasteiger partial charge is 0.356 e. The van der Waals surface area contributed by atoms with Gasteiger partial charge in [-0.25, -0.2) is 0 Å². The molecule has 0 aliphatic heterocycles. The van der Waals surface area contributed by atoms with Crippen LogP contribution in [-0.2, 0) is 11.2 Å². The standard InChI is InChI=1S/C15H23ClN2O/c1-15(2,3)18-10-8-14(19)17-9-7-12-5-4-6-13(16)11-12/h4-6,11,18H,7-10H2,1-3H3,(H,17,19). The van der Waals surface area contributed by atoms with Crippen LogP contribution in [0.2, 0.25) is 5.02 Å². The molecule has 0 aliphatic carbocycles. The van der Waals surface area contributed by atoms with Gasteiger partial charge in [-0.05, 0) is 44.9 Å². The summed E-state index contributed by atoms with van der Waals surface area (Å²) in [5.74, 6) is 0.0822. The van der Waals surface area contributed by atoms with E-state index in [1.807, 2.05) is 24.3 Å². The summed E-state index contributed by atoms with van der Waals surface area (Å²) in [5, 5.41) is 6.94. The van der Waals surface area contributed by atoms with Crippen molar-refractivity contribution >= 4 is 17.5 Å². The number of carbonyl (C=O) groups excluding carboxylic acids is 1. The Bertz CT molecular complexity index is 413. The molecule has 1 aromatic rings. The van der Waals surface area contributed by atoms with Gasteiger partial charge in [0.2, 0.25) is 5.91 Å². The highest BCUT2D eigenvalue weighted by Crippen LogP contribution is 2.10. The van der Waals surface area contributed by atoms with Gasteiger partial charge in [0.05, 0.1) is 0 Å². The Morgan fingerprint density at radius 3 is 2.63 bits per heavy atom. The van der Waals surface area contributed by atoms with E-state index in [9.17, 15) is 4.79 Å². The molecule has 0 radical (unpaired) electrons. The van der Waals surface area contributed by atoms with Crippen molar-refractivity contribution in [2.75, 3.05) is 13.1 Å². The zero-order valence-electron chi connectivity index (χ0n) is 11.9. The van der Waals surface area contributed by atoms with E-state index < -0.39 is 0 Å². The molecule has 0 bridgehead atoms. The molecule has 0 saturated carbocycles. The summed E-state index contributed by atoms with van der Waals surface area (Å²) in [4.78, 5) is 11.6. The third-order valence-corrected chi connectivity index (χ3v) is 2.87. The molecule has 1 rings (SSSR count). The van der Waals surface area contributed by atoms with Gasteiger partial charge in [-0.3, -0.25) is 4.79 Å². The first kappa shape index (κ1) is 16.0. The number of hydrogen-bond donors (Lipinski definition) is 2. The van der Waals surface area contributed by atoms with E-state index in [4.69, 9.17) is 11.6 Å². The monoisotopic (exact) mass is 282 g/mol. The number of carbonyl (C=O) groups is 1. The molecule has 0 atom stereocenters. The number of rotatable bonds is 6. The average molecular weight is 283 g/mol. The summed E-state index contributed by atoms with van der Waals surface area (Å²) in [6.07, 6.45) is 1.31. The highest BCUT2D eigenvalue weighted by Gasteiger charge is 2.09. The van der Waals surface area contributed by atoms with E-state index in [-0.39, 0.29) is 11.4 Å². The molecule has 0 spiro atoms. The Labute approximate surface area is 120 Å². The molecule has 3 nitrogen and oxygen atoms in total. The summed E-state index contributed by atoms with van der Waals surface area (Å²) >= 11 is 5.90. The van der Waals surface area contributed by atoms with Crippen molar-refractivity contribution in [1.29, 1.82) is 0 Å². The van der Waals surface area contributed by atoms with Crippen LogP contribution in [0.4, 0.5) is 0 Å². The second kappa shape index (κ2) is 7.51. The Morgan fingerprint density at radius 2 is 2.00 bits per heavy atom. The quantitative estimate of drug-likeness (QED) is 0.842. The molecule has 0 aliphatic rings. The fourth-order valence-corrected chi connectivity index (χ4v) is 1.89. The Balaban J connectivity index is 2.17. The van der Waals surface area contributed by atoms with E-state index >= 15 is 0 Å². The molecule has 0 heterocycles. The number of halogens is 1. The first-order valence-corrected chi connectivity index (χ1v) is 7.01. The molecule has 1 aromatic carbocycles. The van der Waals surface area contributed by atoms with Crippen molar-refractivity contribution in [2.24, 2.45) is 0 Å². The van der Waals surface area contributed by atoms with Gasteiger partial charge in [-0.1, -0.05) is 23.7 Å². The van der Waals surface area contributed by atoms with E-state index in [0.29, 0.717) is 19.5 Å². The lowest BCUT2D eigenvalue weighted by molar-refractivity contribution is -0.121. The number of benzene rings is 1. The lowest BCUT2D eigenvalue weighted by Crippen LogP contribution is -2.38. The first-order valence-electron chi connectivity index (χ1n) is 6.63. The Kier molecular flexibility index (Phi) is 6.32. The predicted octanol–water partition coefficient (Wildman–Crippen LogP) is 2.78. The van der Waals surface area contributed by atoms with Gasteiger partial charge in [0.1, 0.15) is 0 Å². The molecule has 4 heteroatoms. The van der Waals surface area contributed by atoms with E-state index in [1.165, 1.54) is 0 Å². The van der Waals surface area contributed by atoms with Crippen molar-refractivity contribution in [3.8, 4) is 0 Å². The zero-order valence-corrected chi connectivity index (χ0v) is 12.7. The molecule has 0 saturated heterocycles. The summed E-state index contributed by atoms with van der Waals surface area (Å²) in [5.41, 5.74) is 1.20. The van der Waals surface area contributed by atoms with Gasteiger partial charge in [-0.15, -0.1) is 0 Å². The molecular weight excluding hydrogens is 260 g/mol. The van der Waals surface area contributed by atoms with Gasteiger partial charge >= 0.3 is 0 Å². The van der Waals surface area contributed by atoms with Gasteiger partial charge in [0.15, 0.2) is 0 Å². The van der Waals surface area contributed by atoms with E-state index in [0.717, 1.165) is 17.0 Å². The fraction of sp³-hybridized carbons (Fsp3) is 0.533. The summed E-state index contributed by atoms with van der Waals surface area (Å²) in [7, 11) is 0. The smallest absolute Gasteiger partial charge is 0.221 e. The van der Waals surface area contributed by atoms with E-state index in [1.54, 1.807) is 0 Å². The van der Waals surface area contributed by atoms with Crippen LogP contribution in [-0.4, -0.2) is 24.5 Å². The summed E-state index contributed by atoms with van der Waals surface area (Å²) in [6, 6.07) is 7.71. The first-order chi connectivity index (χ1) is 8.87. The molecule has 0 unspecified atom stereocenters. The van der Waals surface area contributed by atoms with Crippen LogP contribution < -0.4 is 10.6 Å². The second-order valence-electron chi connectivity index (χ2n) is 5.66. The van der Waals surface area contributed by atoms with Crippen LogP contribution in [0.5, 0.6) is 0 Å². The number of amides is 1. The van der Waals surface area contributed by atoms with E-state index in [2.05, 4.69) is 31.4 Å². The molecule has 2 N–H and O–H groups in total. The topological polar surface area (TPSA) is 41.1 Å². The van der Waals surface area contributed by atoms with Crippen LogP contribution in [0.15, 0.2) is 24.3 Å². The SMILES string of the molecule is CC(C)(C)NCCC(=O)NCCc1cccc(Cl)c1. The van der Waals surface area contributed by atoms with Crippen molar-refractivity contribution in [2.45, 2.75) is 39.2 Å². The molecule has 1 amide bonds. The van der Waals surface area contributed by atoms with Crippen LogP contribution in [0.3, 0.4) is 0 Å². The molecule has 0 fully saturated rings. The van der Waals surface area contributed by atoms with Gasteiger partial charge < -0.3 is 10.6 Å². The van der Waals surface area contributed by atoms with Crippen molar-refractivity contribution in [3.63, 3.8) is 0 Å². The van der Waals surface area contributed by atoms with Gasteiger partial charge in [0, 0.05) is 30.1 Å². The maximum absolute atomic E-state index is 11.6. The fourth-order valence-electron chi connectivity index (χ4n) is 1.68. The number of hydrogen-bond acceptors (Lipinski definition) is 2. The van der Waals surface area contributed by atoms with Crippen LogP contribution in [0, 0.1) is 0 Å². The highest BCUT2D eigenvalue weighted by atomic mass is 35.5. The highest BCUT2D eigenvalue weighted by molar-refractivity contribution is 6.30. The van der Waals surface area contributed by atoms with Crippen molar-refractivity contribution < 1.29 is 4.79 Å². The van der Waals surface area contributed by atoms with Crippen LogP contribution in [0.1, 0.15) is 32.8 Å². The minimum Gasteiger partial charge on any atom is -0.356 e. The third kappa shape index (κ3) is 7.85. The molecular formula is C15H23ClN2O. The normalized spacial score (nSPS) is 11.4. The maximum Gasteiger partial charge on any atom is 0.221 e. The minimum atomic E-state index is 0.0566. The van der Waals surface area contributed by atoms with Crippen LogP contribution >= 0.6 is 11.6 Å². The van der Waals surface area contributed by atoms with Gasteiger partial charge in [-0.2, -0.15) is 0 Å². The predicted molar refractivity (Wildman–Crippen MR) is 80.5 cm³/mol. The van der Waals surface area contributed by atoms with Crippen LogP contribution in [0.25, 0.3) is 0 Å². The zero-order chi connectivity index (χ0) is 14.3. The second-order valence-corrected chi connectivity index (χ2v) is 6.09. The lowest BCUT2D eigenvalue weighted by Gasteiger charge is -2.20. The minimum absolute atomic E-state index is 0.0566. The third-order valence-electron chi connectivity index (χ3n) is 2.63. The average Bonchev–Trinajstić information content (AvgIpc) is 2.27. The molecule has 106 valence electrons. The molecule has 0 aromatic heterocycles. The molecule has 19 heavy (non-hydrogen) atoms. The lowest BCUT2D eigenvalue weighted by atomic mass is 10.1. The van der Waals surface area contributed by atoms with Gasteiger partial charge in [0.25, 0.3) is 0 Å². The van der Waals surface area contributed by atoms with Crippen molar-refractivity contribution in [1.82, 2.24) is 10.6 Å².